The zero-order valence-electron chi connectivity index (χ0n) is 10.2. The number of aliphatic hydroxyl groups is 1. The Morgan fingerprint density at radius 3 is 2.84 bits per heavy atom. The summed E-state index contributed by atoms with van der Waals surface area (Å²) in [6.45, 7) is 0. The van der Waals surface area contributed by atoms with Crippen LogP contribution in [-0.4, -0.2) is 22.2 Å². The molecule has 1 aromatic heterocycles. The monoisotopic (exact) mass is 342 g/mol. The van der Waals surface area contributed by atoms with Crippen LogP contribution in [0.3, 0.4) is 0 Å². The Morgan fingerprint density at radius 1 is 1.37 bits per heavy atom. The lowest BCUT2D eigenvalue weighted by Gasteiger charge is -2.13. The number of aromatic nitrogens is 2. The predicted octanol–water partition coefficient (Wildman–Crippen LogP) is 3.18. The van der Waals surface area contributed by atoms with Gasteiger partial charge < -0.3 is 9.84 Å². The number of halogens is 2. The molecule has 0 saturated heterocycles. The van der Waals surface area contributed by atoms with Gasteiger partial charge in [0.2, 0.25) is 5.88 Å². The second kappa shape index (κ2) is 6.32. The minimum atomic E-state index is -0.675. The van der Waals surface area contributed by atoms with E-state index in [1.165, 1.54) is 6.33 Å². The Labute approximate surface area is 124 Å². The van der Waals surface area contributed by atoms with E-state index in [2.05, 4.69) is 25.9 Å². The molecule has 4 nitrogen and oxygen atoms in total. The first kappa shape index (κ1) is 14.2. The third-order valence-electron chi connectivity index (χ3n) is 2.63. The molecule has 1 unspecified atom stereocenters. The van der Waals surface area contributed by atoms with Crippen molar-refractivity contribution in [2.45, 2.75) is 12.5 Å². The second-order valence-corrected chi connectivity index (χ2v) is 5.23. The van der Waals surface area contributed by atoms with Gasteiger partial charge in [-0.05, 0) is 17.7 Å². The van der Waals surface area contributed by atoms with Gasteiger partial charge >= 0.3 is 0 Å². The summed E-state index contributed by atoms with van der Waals surface area (Å²) in [5, 5.41) is 10.9. The molecule has 2 aromatic rings. The molecule has 0 spiro atoms. The van der Waals surface area contributed by atoms with Crippen LogP contribution in [0.4, 0.5) is 0 Å². The van der Waals surface area contributed by atoms with Gasteiger partial charge in [-0.1, -0.05) is 33.6 Å². The first-order valence-corrected chi connectivity index (χ1v) is 6.75. The molecule has 2 rings (SSSR count). The summed E-state index contributed by atoms with van der Waals surface area (Å²) in [5.74, 6) is 0.479. The lowest BCUT2D eigenvalue weighted by molar-refractivity contribution is 0.176. The molecular weight excluding hydrogens is 332 g/mol. The molecule has 0 aliphatic heterocycles. The smallest absolute Gasteiger partial charge is 0.216 e. The van der Waals surface area contributed by atoms with Crippen molar-refractivity contribution in [1.82, 2.24) is 9.97 Å². The van der Waals surface area contributed by atoms with E-state index in [4.69, 9.17) is 16.3 Å². The van der Waals surface area contributed by atoms with Gasteiger partial charge in [0.15, 0.2) is 0 Å². The molecule has 0 radical (unpaired) electrons. The molecule has 0 bridgehead atoms. The second-order valence-electron chi connectivity index (χ2n) is 3.94. The Balaban J connectivity index is 2.17. The number of rotatable bonds is 4. The summed E-state index contributed by atoms with van der Waals surface area (Å²) in [6.07, 6.45) is 1.11. The number of benzene rings is 1. The standard InChI is InChI=1S/C13H12BrClN2O2/c1-19-13-6-9(16-7-17-13)5-12(18)10-3-2-8(15)4-11(10)14/h2-4,6-7,12,18H,5H2,1H3. The third kappa shape index (κ3) is 3.65. The zero-order chi connectivity index (χ0) is 13.8. The van der Waals surface area contributed by atoms with Gasteiger partial charge in [-0.25, -0.2) is 9.97 Å². The molecule has 1 atom stereocenters. The Morgan fingerprint density at radius 2 is 2.16 bits per heavy atom. The van der Waals surface area contributed by atoms with Crippen LogP contribution in [0.5, 0.6) is 5.88 Å². The number of nitrogens with zero attached hydrogens (tertiary/aromatic N) is 2. The molecular formula is C13H12BrClN2O2. The van der Waals surface area contributed by atoms with Crippen molar-refractivity contribution < 1.29 is 9.84 Å². The average Bonchev–Trinajstić information content (AvgIpc) is 2.38. The van der Waals surface area contributed by atoms with Crippen molar-refractivity contribution >= 4 is 27.5 Å². The Bertz CT molecular complexity index is 580. The van der Waals surface area contributed by atoms with E-state index in [-0.39, 0.29) is 0 Å². The molecule has 0 amide bonds. The number of hydrogen-bond donors (Lipinski definition) is 1. The van der Waals surface area contributed by atoms with Gasteiger partial charge in [0.1, 0.15) is 6.33 Å². The highest BCUT2D eigenvalue weighted by Crippen LogP contribution is 2.28. The first-order valence-electron chi connectivity index (χ1n) is 5.58. The van der Waals surface area contributed by atoms with E-state index in [9.17, 15) is 5.11 Å². The van der Waals surface area contributed by atoms with E-state index < -0.39 is 6.10 Å². The number of hydrogen-bond acceptors (Lipinski definition) is 4. The van der Waals surface area contributed by atoms with Crippen LogP contribution in [-0.2, 0) is 6.42 Å². The molecule has 1 N–H and O–H groups in total. The summed E-state index contributed by atoms with van der Waals surface area (Å²) >= 11 is 9.26. The van der Waals surface area contributed by atoms with Gasteiger partial charge in [-0.15, -0.1) is 0 Å². The van der Waals surface area contributed by atoms with Crippen molar-refractivity contribution in [3.05, 3.63) is 51.3 Å². The predicted molar refractivity (Wildman–Crippen MR) is 76.4 cm³/mol. The number of methoxy groups -OCH3 is 1. The number of aliphatic hydroxyl groups excluding tert-OH is 1. The maximum Gasteiger partial charge on any atom is 0.216 e. The van der Waals surface area contributed by atoms with Crippen LogP contribution >= 0.6 is 27.5 Å². The molecule has 1 heterocycles. The first-order chi connectivity index (χ1) is 9.10. The molecule has 1 aromatic carbocycles. The van der Waals surface area contributed by atoms with Crippen molar-refractivity contribution in [3.63, 3.8) is 0 Å². The van der Waals surface area contributed by atoms with Gasteiger partial charge in [0.05, 0.1) is 18.9 Å². The highest BCUT2D eigenvalue weighted by molar-refractivity contribution is 9.10. The maximum atomic E-state index is 10.2. The normalized spacial score (nSPS) is 12.2. The minimum Gasteiger partial charge on any atom is -0.481 e. The molecule has 6 heteroatoms. The van der Waals surface area contributed by atoms with Crippen LogP contribution in [0.1, 0.15) is 17.4 Å². The van der Waals surface area contributed by atoms with E-state index in [1.807, 2.05) is 0 Å². The van der Waals surface area contributed by atoms with Gasteiger partial charge in [0, 0.05) is 22.0 Å². The van der Waals surface area contributed by atoms with Crippen LogP contribution in [0, 0.1) is 0 Å². The largest absolute Gasteiger partial charge is 0.481 e. The van der Waals surface area contributed by atoms with E-state index >= 15 is 0 Å². The molecule has 0 aliphatic carbocycles. The SMILES string of the molecule is COc1cc(CC(O)c2ccc(Cl)cc2Br)ncn1. The zero-order valence-corrected chi connectivity index (χ0v) is 12.5. The fourth-order valence-corrected chi connectivity index (χ4v) is 2.63. The van der Waals surface area contributed by atoms with Gasteiger partial charge in [-0.2, -0.15) is 0 Å². The van der Waals surface area contributed by atoms with E-state index in [1.54, 1.807) is 31.4 Å². The molecule has 0 saturated carbocycles. The fraction of sp³-hybridized carbons (Fsp3) is 0.231. The Kier molecular flexibility index (Phi) is 4.74. The highest BCUT2D eigenvalue weighted by Gasteiger charge is 2.13. The van der Waals surface area contributed by atoms with Crippen molar-refractivity contribution in [1.29, 1.82) is 0 Å². The van der Waals surface area contributed by atoms with Crippen molar-refractivity contribution in [2.75, 3.05) is 7.11 Å². The van der Waals surface area contributed by atoms with Crippen LogP contribution < -0.4 is 4.74 Å². The molecule has 19 heavy (non-hydrogen) atoms. The lowest BCUT2D eigenvalue weighted by atomic mass is 10.0. The summed E-state index contributed by atoms with van der Waals surface area (Å²) in [5.41, 5.74) is 1.48. The maximum absolute atomic E-state index is 10.2. The lowest BCUT2D eigenvalue weighted by Crippen LogP contribution is -2.05. The molecule has 100 valence electrons. The van der Waals surface area contributed by atoms with Crippen molar-refractivity contribution in [2.24, 2.45) is 0 Å². The summed E-state index contributed by atoms with van der Waals surface area (Å²) in [6, 6.07) is 6.98. The molecule has 0 fully saturated rings. The van der Waals surface area contributed by atoms with E-state index in [0.717, 1.165) is 10.0 Å². The summed E-state index contributed by atoms with van der Waals surface area (Å²) in [4.78, 5) is 8.03. The quantitative estimate of drug-likeness (QED) is 0.926. The Hall–Kier alpha value is -1.17. The van der Waals surface area contributed by atoms with Crippen molar-refractivity contribution in [3.8, 4) is 5.88 Å². The highest BCUT2D eigenvalue weighted by atomic mass is 79.9. The summed E-state index contributed by atoms with van der Waals surface area (Å²) in [7, 11) is 1.54. The van der Waals surface area contributed by atoms with Gasteiger partial charge in [0.25, 0.3) is 0 Å². The topological polar surface area (TPSA) is 55.2 Å². The van der Waals surface area contributed by atoms with E-state index in [0.29, 0.717) is 23.0 Å². The van der Waals surface area contributed by atoms with Crippen LogP contribution in [0.2, 0.25) is 5.02 Å². The summed E-state index contributed by atoms with van der Waals surface area (Å²) < 4.78 is 5.79. The van der Waals surface area contributed by atoms with Crippen LogP contribution in [0.25, 0.3) is 0 Å². The number of ether oxygens (including phenoxy) is 1. The van der Waals surface area contributed by atoms with Crippen LogP contribution in [0.15, 0.2) is 35.1 Å². The minimum absolute atomic E-state index is 0.374. The fourth-order valence-electron chi connectivity index (χ4n) is 1.68. The third-order valence-corrected chi connectivity index (χ3v) is 3.55. The van der Waals surface area contributed by atoms with Gasteiger partial charge in [-0.3, -0.25) is 0 Å². The average molecular weight is 344 g/mol. The molecule has 0 aliphatic rings.